The Morgan fingerprint density at radius 3 is 0.820 bits per heavy atom. The quantitative estimate of drug-likeness (QED) is 0.158. The van der Waals surface area contributed by atoms with Gasteiger partial charge >= 0.3 is 21.6 Å². The van der Waals surface area contributed by atoms with Crippen LogP contribution in [0.5, 0.6) is 0 Å². The van der Waals surface area contributed by atoms with Gasteiger partial charge in [0.15, 0.2) is 6.10 Å². The van der Waals surface area contributed by atoms with Gasteiger partial charge in [0.05, 0.1) is 6.61 Å². The molecule has 5 saturated carbocycles. The van der Waals surface area contributed by atoms with Gasteiger partial charge in [-0.1, -0.05) is 96.3 Å². The summed E-state index contributed by atoms with van der Waals surface area (Å²) >= 11 is 0. The van der Waals surface area contributed by atoms with Crippen molar-refractivity contribution in [2.24, 2.45) is 28.7 Å². The number of carbonyl (C=O) groups is 1. The van der Waals surface area contributed by atoms with Crippen molar-refractivity contribution in [1.29, 1.82) is 0 Å². The molecule has 50 heavy (non-hydrogen) atoms. The lowest BCUT2D eigenvalue weighted by atomic mass is 9.97. The van der Waals surface area contributed by atoms with Crippen LogP contribution in [0.2, 0.25) is 0 Å². The Hall–Kier alpha value is -0.510. The van der Waals surface area contributed by atoms with E-state index in [-0.39, 0.29) is 0 Å². The van der Waals surface area contributed by atoms with Gasteiger partial charge in [-0.2, -0.15) is 0 Å². The average molecular weight is 762 g/mol. The molecule has 0 amide bonds. The summed E-state index contributed by atoms with van der Waals surface area (Å²) in [6, 6.07) is 2.68. The second-order valence-corrected chi connectivity index (χ2v) is 16.6. The molecule has 0 radical (unpaired) electrons. The van der Waals surface area contributed by atoms with Crippen molar-refractivity contribution in [3.63, 3.8) is 0 Å². The summed E-state index contributed by atoms with van der Waals surface area (Å²) < 4.78 is 27.8. The number of rotatable bonds is 6. The number of phosphoric ester groups is 2. The van der Waals surface area contributed by atoms with E-state index >= 15 is 0 Å². The normalized spacial score (nSPS) is 22.2. The van der Waals surface area contributed by atoms with Gasteiger partial charge in [0.1, 0.15) is 0 Å². The van der Waals surface area contributed by atoms with Crippen LogP contribution in [0.25, 0.3) is 0 Å². The molecule has 0 spiro atoms. The van der Waals surface area contributed by atoms with E-state index in [1.807, 2.05) is 0 Å². The first-order chi connectivity index (χ1) is 23.5. The molecule has 5 aliphatic rings. The highest BCUT2D eigenvalue weighted by Gasteiger charge is 2.30. The van der Waals surface area contributed by atoms with Gasteiger partial charge in [-0.25, -0.2) is 13.9 Å². The summed E-state index contributed by atoms with van der Waals surface area (Å²) in [4.78, 5) is 43.2. The van der Waals surface area contributed by atoms with E-state index in [1.165, 1.54) is 161 Å². The Morgan fingerprint density at radius 2 is 0.700 bits per heavy atom. The minimum atomic E-state index is -5.07. The summed E-state index contributed by atoms with van der Waals surface area (Å²) in [6.07, 6.45) is 31.1. The lowest BCUT2D eigenvalue weighted by molar-refractivity contribution is -0.147. The maximum absolute atomic E-state index is 10.3. The van der Waals surface area contributed by atoms with Gasteiger partial charge < -0.3 is 53.3 Å². The van der Waals surface area contributed by atoms with Crippen molar-refractivity contribution in [2.75, 3.05) is 6.61 Å². The van der Waals surface area contributed by atoms with Crippen LogP contribution in [-0.4, -0.2) is 73.6 Å². The standard InChI is InChI=1S/5C6H13N.C3H8O10P2/c5*7-6-4-2-1-3-5-6;4-3(5)2(13-15(9,10)11)1-12-14(6,7)8/h5*6H,1-5,7H2;2H,1H2,(H,4,5)(H2,6,7,8)(H2,9,10,11)/t;;;;;2-/m.....1/s1. The summed E-state index contributed by atoms with van der Waals surface area (Å²) in [5.74, 6) is -1.83. The maximum atomic E-state index is 10.3. The molecule has 0 saturated heterocycles. The predicted octanol–water partition coefficient (Wildman–Crippen LogP) is 5.05. The minimum Gasteiger partial charge on any atom is -0.479 e. The van der Waals surface area contributed by atoms with Crippen molar-refractivity contribution >= 4 is 21.6 Å². The predicted molar refractivity (Wildman–Crippen MR) is 198 cm³/mol. The number of hydrogen-bond donors (Lipinski definition) is 10. The second-order valence-electron chi connectivity index (χ2n) is 14.2. The highest BCUT2D eigenvalue weighted by molar-refractivity contribution is 7.46. The summed E-state index contributed by atoms with van der Waals surface area (Å²) in [7, 11) is -9.99. The zero-order valence-electron chi connectivity index (χ0n) is 30.4. The van der Waals surface area contributed by atoms with Gasteiger partial charge in [0, 0.05) is 30.2 Å². The molecule has 0 aromatic heterocycles. The first-order valence-corrected chi connectivity index (χ1v) is 22.0. The first-order valence-electron chi connectivity index (χ1n) is 18.9. The topological polar surface area (TPSA) is 301 Å². The number of nitrogens with two attached hydrogens (primary N) is 5. The number of aliphatic carboxylic acids is 1. The van der Waals surface area contributed by atoms with E-state index in [0.717, 1.165) is 0 Å². The molecule has 0 aliphatic heterocycles. The average Bonchev–Trinajstić information content (AvgIpc) is 3.05. The lowest BCUT2D eigenvalue weighted by Gasteiger charge is -2.15. The highest BCUT2D eigenvalue weighted by Crippen LogP contribution is 2.40. The summed E-state index contributed by atoms with van der Waals surface area (Å²) in [5, 5.41) is 8.33. The fourth-order valence-corrected chi connectivity index (χ4v) is 6.96. The van der Waals surface area contributed by atoms with E-state index in [2.05, 4.69) is 9.05 Å². The molecule has 1 atom stereocenters. The highest BCUT2D eigenvalue weighted by atomic mass is 31.2. The fourth-order valence-electron chi connectivity index (χ4n) is 6.15. The van der Waals surface area contributed by atoms with Crippen molar-refractivity contribution in [1.82, 2.24) is 0 Å². The van der Waals surface area contributed by atoms with Crippen LogP contribution < -0.4 is 28.7 Å². The van der Waals surface area contributed by atoms with Crippen molar-refractivity contribution in [3.05, 3.63) is 0 Å². The Labute approximate surface area is 301 Å². The van der Waals surface area contributed by atoms with Gasteiger partial charge in [-0.15, -0.1) is 0 Å². The Balaban J connectivity index is 0.000000595. The number of carboxylic acid groups (broad SMARTS) is 1. The van der Waals surface area contributed by atoms with Gasteiger partial charge in [0.2, 0.25) is 0 Å². The SMILES string of the molecule is NC1CCCCC1.NC1CCCCC1.NC1CCCCC1.NC1CCCCC1.NC1CCCCC1.O=C(O)[C@@H](COP(=O)(O)O)OP(=O)(O)O. The molecule has 0 aromatic rings. The molecular weight excluding hydrogens is 688 g/mol. The van der Waals surface area contributed by atoms with Gasteiger partial charge in [0.25, 0.3) is 0 Å². The third kappa shape index (κ3) is 34.6. The van der Waals surface area contributed by atoms with Crippen molar-refractivity contribution < 1.29 is 47.7 Å². The third-order valence-corrected chi connectivity index (χ3v) is 10.2. The molecule has 5 rings (SSSR count). The number of carboxylic acids is 1. The van der Waals surface area contributed by atoms with Crippen LogP contribution >= 0.6 is 15.6 Å². The zero-order chi connectivity index (χ0) is 37.8. The van der Waals surface area contributed by atoms with E-state index in [0.29, 0.717) is 30.2 Å². The van der Waals surface area contributed by atoms with Crippen LogP contribution in [-0.2, 0) is 23.0 Å². The van der Waals surface area contributed by atoms with E-state index in [9.17, 15) is 13.9 Å². The molecule has 0 unspecified atom stereocenters. The van der Waals surface area contributed by atoms with E-state index in [1.54, 1.807) is 0 Å². The second kappa shape index (κ2) is 29.9. The van der Waals surface area contributed by atoms with Crippen LogP contribution in [0.4, 0.5) is 0 Å². The van der Waals surface area contributed by atoms with Crippen LogP contribution in [0.1, 0.15) is 161 Å². The maximum Gasteiger partial charge on any atom is 0.470 e. The number of hydrogen-bond acceptors (Lipinski definition) is 10. The molecule has 300 valence electrons. The summed E-state index contributed by atoms with van der Waals surface area (Å²) in [5.41, 5.74) is 28.2. The van der Waals surface area contributed by atoms with Gasteiger partial charge in [-0.05, 0) is 64.2 Å². The smallest absolute Gasteiger partial charge is 0.470 e. The molecule has 17 heteroatoms. The monoisotopic (exact) mass is 761 g/mol. The fraction of sp³-hybridized carbons (Fsp3) is 0.970. The molecule has 5 aliphatic carbocycles. The Kier molecular flexibility index (Phi) is 29.6. The lowest BCUT2D eigenvalue weighted by Crippen LogP contribution is -2.27. The molecular formula is C33H73N5O10P2. The van der Waals surface area contributed by atoms with Gasteiger partial charge in [-0.3, -0.25) is 9.05 Å². The molecule has 15 nitrogen and oxygen atoms in total. The van der Waals surface area contributed by atoms with E-state index in [4.69, 9.17) is 53.3 Å². The summed E-state index contributed by atoms with van der Waals surface area (Å²) in [6.45, 7) is -1.19. The zero-order valence-corrected chi connectivity index (χ0v) is 32.2. The molecule has 5 fully saturated rings. The van der Waals surface area contributed by atoms with Crippen molar-refractivity contribution in [3.8, 4) is 0 Å². The first kappa shape index (κ1) is 49.5. The largest absolute Gasteiger partial charge is 0.479 e. The molecule has 0 heterocycles. The molecule has 15 N–H and O–H groups in total. The van der Waals surface area contributed by atoms with Crippen LogP contribution in [0, 0.1) is 0 Å². The Bertz CT molecular complexity index is 806. The molecule has 0 bridgehead atoms. The van der Waals surface area contributed by atoms with Crippen molar-refractivity contribution in [2.45, 2.75) is 197 Å². The molecule has 0 aromatic carbocycles. The number of phosphoric acid groups is 2. The Morgan fingerprint density at radius 1 is 0.480 bits per heavy atom. The third-order valence-electron chi connectivity index (χ3n) is 9.18. The minimum absolute atomic E-state index is 0.536. The van der Waals surface area contributed by atoms with Crippen LogP contribution in [0.3, 0.4) is 0 Å². The van der Waals surface area contributed by atoms with E-state index < -0.39 is 34.3 Å². The van der Waals surface area contributed by atoms with Crippen LogP contribution in [0.15, 0.2) is 0 Å².